The Bertz CT molecular complexity index is 1230. The van der Waals surface area contributed by atoms with Gasteiger partial charge < -0.3 is 20.9 Å². The summed E-state index contributed by atoms with van der Waals surface area (Å²) in [6.45, 7) is 9.32. The van der Waals surface area contributed by atoms with Gasteiger partial charge in [0, 0.05) is 56.6 Å². The van der Waals surface area contributed by atoms with E-state index in [0.717, 1.165) is 66.7 Å². The Morgan fingerprint density at radius 1 is 1.00 bits per heavy atom. The lowest BCUT2D eigenvalue weighted by molar-refractivity contribution is 0.233. The van der Waals surface area contributed by atoms with Crippen LogP contribution in [0.3, 0.4) is 0 Å². The Balaban J connectivity index is 1.33. The largest absolute Gasteiger partial charge is 0.368 e. The number of aromatic nitrogens is 5. The first kappa shape index (κ1) is 21.3. The molecule has 0 unspecified atom stereocenters. The van der Waals surface area contributed by atoms with Crippen LogP contribution in [0.15, 0.2) is 48.9 Å². The molecule has 170 valence electrons. The predicted molar refractivity (Wildman–Crippen MR) is 132 cm³/mol. The number of hydrogen-bond donors (Lipinski definition) is 4. The molecule has 4 heterocycles. The lowest BCUT2D eigenvalue weighted by atomic mass is 10.1. The van der Waals surface area contributed by atoms with Gasteiger partial charge in [-0.05, 0) is 43.7 Å². The number of fused-ring (bicyclic) bond motifs is 1. The number of nitrogens with zero attached hydrogens (tertiary/aromatic N) is 5. The van der Waals surface area contributed by atoms with Gasteiger partial charge in [0.25, 0.3) is 0 Å². The van der Waals surface area contributed by atoms with Crippen LogP contribution in [0, 0.1) is 0 Å². The number of nitrogens with one attached hydrogen (secondary N) is 4. The minimum Gasteiger partial charge on any atom is -0.368 e. The Morgan fingerprint density at radius 3 is 2.73 bits per heavy atom. The molecular weight excluding hydrogens is 414 g/mol. The van der Waals surface area contributed by atoms with Crippen molar-refractivity contribution in [3.05, 3.63) is 54.5 Å². The number of imidazole rings is 1. The highest BCUT2D eigenvalue weighted by Gasteiger charge is 2.11. The minimum atomic E-state index is 0.306. The number of piperazine rings is 1. The predicted octanol–water partition coefficient (Wildman–Crippen LogP) is 3.38. The Kier molecular flexibility index (Phi) is 6.14. The molecule has 0 atom stereocenters. The Morgan fingerprint density at radius 2 is 1.88 bits per heavy atom. The number of aromatic amines is 1. The molecule has 0 radical (unpaired) electrons. The van der Waals surface area contributed by atoms with Gasteiger partial charge in [-0.1, -0.05) is 6.07 Å². The highest BCUT2D eigenvalue weighted by Crippen LogP contribution is 2.25. The molecule has 1 aliphatic heterocycles. The lowest BCUT2D eigenvalue weighted by Gasteiger charge is -2.27. The van der Waals surface area contributed by atoms with Crippen molar-refractivity contribution in [1.29, 1.82) is 0 Å². The second-order valence-electron chi connectivity index (χ2n) is 8.61. The van der Waals surface area contributed by atoms with E-state index in [1.54, 1.807) is 6.33 Å². The van der Waals surface area contributed by atoms with Crippen LogP contribution < -0.4 is 16.0 Å². The minimum absolute atomic E-state index is 0.306. The molecule has 1 aromatic carbocycles. The topological polar surface area (TPSA) is 107 Å². The van der Waals surface area contributed by atoms with Crippen molar-refractivity contribution in [3.8, 4) is 11.3 Å². The number of hydrogen-bond acceptors (Lipinski definition) is 8. The summed E-state index contributed by atoms with van der Waals surface area (Å²) in [5, 5.41) is 10.0. The normalized spacial score (nSPS) is 14.6. The third kappa shape index (κ3) is 5.27. The Hall–Kier alpha value is -3.56. The van der Waals surface area contributed by atoms with Crippen LogP contribution in [-0.2, 0) is 6.54 Å². The van der Waals surface area contributed by atoms with Gasteiger partial charge in [-0.3, -0.25) is 4.90 Å². The molecule has 1 fully saturated rings. The molecule has 0 spiro atoms. The van der Waals surface area contributed by atoms with Crippen molar-refractivity contribution < 1.29 is 0 Å². The van der Waals surface area contributed by atoms with E-state index in [1.807, 2.05) is 24.4 Å². The first-order valence-electron chi connectivity index (χ1n) is 11.4. The standard InChI is InChI=1S/C24H29N9/c1-16(2)29-23-13-20(27-15-28-23)18-3-4-19-21(12-18)31-24(30-19)32-22-11-17(5-6-26-22)14-33-9-7-25-8-10-33/h3-6,11-13,15-16,25H,7-10,14H2,1-2H3,(H,27,28,29)(H2,26,30,31,32). The molecule has 0 aliphatic carbocycles. The van der Waals surface area contributed by atoms with Crippen molar-refractivity contribution in [1.82, 2.24) is 35.1 Å². The quantitative estimate of drug-likeness (QED) is 0.344. The number of benzene rings is 1. The molecule has 4 N–H and O–H groups in total. The van der Waals surface area contributed by atoms with E-state index in [2.05, 4.69) is 77.8 Å². The number of H-pyrrole nitrogens is 1. The molecular formula is C24H29N9. The zero-order chi connectivity index (χ0) is 22.6. The smallest absolute Gasteiger partial charge is 0.206 e. The summed E-state index contributed by atoms with van der Waals surface area (Å²) in [7, 11) is 0. The average molecular weight is 444 g/mol. The van der Waals surface area contributed by atoms with Gasteiger partial charge in [-0.15, -0.1) is 0 Å². The average Bonchev–Trinajstić information content (AvgIpc) is 3.21. The molecule has 3 aromatic heterocycles. The van der Waals surface area contributed by atoms with Crippen molar-refractivity contribution in [2.24, 2.45) is 0 Å². The maximum Gasteiger partial charge on any atom is 0.206 e. The summed E-state index contributed by atoms with van der Waals surface area (Å²) < 4.78 is 0. The second kappa shape index (κ2) is 9.51. The fraction of sp³-hybridized carbons (Fsp3) is 0.333. The molecule has 1 saturated heterocycles. The SMILES string of the molecule is CC(C)Nc1cc(-c2ccc3nc(Nc4cc(CN5CCNCC5)ccn4)[nH]c3c2)ncn1. The fourth-order valence-electron chi connectivity index (χ4n) is 4.01. The van der Waals surface area contributed by atoms with E-state index in [0.29, 0.717) is 12.0 Å². The molecule has 9 nitrogen and oxygen atoms in total. The molecule has 9 heteroatoms. The maximum absolute atomic E-state index is 4.67. The van der Waals surface area contributed by atoms with Gasteiger partial charge in [-0.2, -0.15) is 0 Å². The molecule has 33 heavy (non-hydrogen) atoms. The number of anilines is 3. The van der Waals surface area contributed by atoms with Crippen LogP contribution in [0.25, 0.3) is 22.3 Å². The van der Waals surface area contributed by atoms with Gasteiger partial charge in [0.2, 0.25) is 5.95 Å². The van der Waals surface area contributed by atoms with Crippen LogP contribution >= 0.6 is 0 Å². The fourth-order valence-corrected chi connectivity index (χ4v) is 4.01. The molecule has 0 saturated carbocycles. The van der Waals surface area contributed by atoms with Gasteiger partial charge in [0.15, 0.2) is 0 Å². The first-order chi connectivity index (χ1) is 16.1. The Labute approximate surface area is 193 Å². The second-order valence-corrected chi connectivity index (χ2v) is 8.61. The van der Waals surface area contributed by atoms with Crippen LogP contribution in [-0.4, -0.2) is 62.0 Å². The van der Waals surface area contributed by atoms with E-state index < -0.39 is 0 Å². The van der Waals surface area contributed by atoms with Crippen molar-refractivity contribution >= 4 is 28.6 Å². The summed E-state index contributed by atoms with van der Waals surface area (Å²) in [6, 6.07) is 12.5. The molecule has 0 amide bonds. The molecule has 0 bridgehead atoms. The monoisotopic (exact) mass is 443 g/mol. The highest BCUT2D eigenvalue weighted by atomic mass is 15.2. The van der Waals surface area contributed by atoms with Crippen molar-refractivity contribution in [2.75, 3.05) is 36.8 Å². The summed E-state index contributed by atoms with van der Waals surface area (Å²) in [4.78, 5) is 23.7. The first-order valence-corrected chi connectivity index (χ1v) is 11.4. The molecule has 4 aromatic rings. The van der Waals surface area contributed by atoms with E-state index in [9.17, 15) is 0 Å². The van der Waals surface area contributed by atoms with Gasteiger partial charge in [0.1, 0.15) is 18.0 Å². The lowest BCUT2D eigenvalue weighted by Crippen LogP contribution is -2.42. The molecule has 5 rings (SSSR count). The van der Waals surface area contributed by atoms with Crippen LogP contribution in [0.2, 0.25) is 0 Å². The third-order valence-corrected chi connectivity index (χ3v) is 5.57. The summed E-state index contributed by atoms with van der Waals surface area (Å²) >= 11 is 0. The van der Waals surface area contributed by atoms with Crippen molar-refractivity contribution in [3.63, 3.8) is 0 Å². The van der Waals surface area contributed by atoms with E-state index in [1.165, 1.54) is 5.56 Å². The van der Waals surface area contributed by atoms with Crippen LogP contribution in [0.1, 0.15) is 19.4 Å². The van der Waals surface area contributed by atoms with Gasteiger partial charge >= 0.3 is 0 Å². The maximum atomic E-state index is 4.67. The number of pyridine rings is 1. The van der Waals surface area contributed by atoms with Gasteiger partial charge in [-0.25, -0.2) is 19.9 Å². The van der Waals surface area contributed by atoms with E-state index in [4.69, 9.17) is 0 Å². The highest BCUT2D eigenvalue weighted by molar-refractivity contribution is 5.83. The van der Waals surface area contributed by atoms with Crippen molar-refractivity contribution in [2.45, 2.75) is 26.4 Å². The van der Waals surface area contributed by atoms with Gasteiger partial charge in [0.05, 0.1) is 16.7 Å². The van der Waals surface area contributed by atoms with Crippen LogP contribution in [0.5, 0.6) is 0 Å². The van der Waals surface area contributed by atoms with E-state index >= 15 is 0 Å². The summed E-state index contributed by atoms with van der Waals surface area (Å²) in [5.41, 5.74) is 4.92. The third-order valence-electron chi connectivity index (χ3n) is 5.57. The molecule has 1 aliphatic rings. The van der Waals surface area contributed by atoms with Crippen LogP contribution in [0.4, 0.5) is 17.6 Å². The number of rotatable bonds is 7. The zero-order valence-electron chi connectivity index (χ0n) is 19.0. The zero-order valence-corrected chi connectivity index (χ0v) is 19.0. The summed E-state index contributed by atoms with van der Waals surface area (Å²) in [5.74, 6) is 2.26. The summed E-state index contributed by atoms with van der Waals surface area (Å²) in [6.07, 6.45) is 3.43. The van der Waals surface area contributed by atoms with E-state index in [-0.39, 0.29) is 0 Å².